The van der Waals surface area contributed by atoms with Crippen molar-refractivity contribution in [1.29, 1.82) is 0 Å². The van der Waals surface area contributed by atoms with E-state index in [0.29, 0.717) is 6.10 Å². The topological polar surface area (TPSA) is 26.3 Å². The van der Waals surface area contributed by atoms with Crippen LogP contribution in [0.15, 0.2) is 18.2 Å². The number of fused-ring (bicyclic) bond motifs is 1. The van der Waals surface area contributed by atoms with Gasteiger partial charge in [-0.15, -0.1) is 0 Å². The van der Waals surface area contributed by atoms with E-state index in [0.717, 1.165) is 29.9 Å². The lowest BCUT2D eigenvalue weighted by molar-refractivity contribution is 0.112. The Hall–Kier alpha value is -1.31. The average Bonchev–Trinajstić information content (AvgIpc) is 2.82. The van der Waals surface area contributed by atoms with Crippen LogP contribution in [0.2, 0.25) is 0 Å². The van der Waals surface area contributed by atoms with Gasteiger partial charge >= 0.3 is 0 Å². The minimum absolute atomic E-state index is 0.354. The van der Waals surface area contributed by atoms with Gasteiger partial charge in [0, 0.05) is 12.0 Å². The molecule has 1 saturated carbocycles. The molecule has 0 unspecified atom stereocenters. The Morgan fingerprint density at radius 3 is 2.76 bits per heavy atom. The average molecular weight is 230 g/mol. The van der Waals surface area contributed by atoms with E-state index in [1.165, 1.54) is 37.7 Å². The van der Waals surface area contributed by atoms with E-state index >= 15 is 0 Å². The molecule has 90 valence electrons. The fourth-order valence-corrected chi connectivity index (χ4v) is 3.14. The maximum atomic E-state index is 10.7. The first-order valence-electron chi connectivity index (χ1n) is 6.61. The highest BCUT2D eigenvalue weighted by atomic mass is 16.5. The minimum atomic E-state index is 0.354. The molecule has 3 rings (SSSR count). The summed E-state index contributed by atoms with van der Waals surface area (Å²) in [5, 5.41) is 0. The molecular weight excluding hydrogens is 212 g/mol. The van der Waals surface area contributed by atoms with E-state index in [4.69, 9.17) is 4.74 Å². The lowest BCUT2D eigenvalue weighted by Gasteiger charge is -2.26. The third-order valence-corrected chi connectivity index (χ3v) is 4.10. The van der Waals surface area contributed by atoms with Gasteiger partial charge in [-0.3, -0.25) is 4.79 Å². The monoisotopic (exact) mass is 230 g/mol. The van der Waals surface area contributed by atoms with Crippen LogP contribution in [0.5, 0.6) is 5.75 Å². The van der Waals surface area contributed by atoms with Gasteiger partial charge in [-0.1, -0.05) is 19.3 Å². The molecular formula is C15H18O2. The molecule has 1 fully saturated rings. The van der Waals surface area contributed by atoms with Gasteiger partial charge in [-0.25, -0.2) is 0 Å². The molecule has 0 spiro atoms. The Balaban J connectivity index is 1.75. The number of carbonyl (C=O) groups is 1. The highest BCUT2D eigenvalue weighted by Crippen LogP contribution is 2.37. The van der Waals surface area contributed by atoms with Gasteiger partial charge in [-0.2, -0.15) is 0 Å². The van der Waals surface area contributed by atoms with Crippen molar-refractivity contribution < 1.29 is 9.53 Å². The van der Waals surface area contributed by atoms with Crippen molar-refractivity contribution in [3.8, 4) is 5.75 Å². The van der Waals surface area contributed by atoms with E-state index in [-0.39, 0.29) is 0 Å². The van der Waals surface area contributed by atoms with Crippen LogP contribution in [0.4, 0.5) is 0 Å². The lowest BCUT2D eigenvalue weighted by Crippen LogP contribution is -2.26. The molecule has 2 nitrogen and oxygen atoms in total. The van der Waals surface area contributed by atoms with Crippen molar-refractivity contribution >= 4 is 6.29 Å². The van der Waals surface area contributed by atoms with Crippen molar-refractivity contribution in [2.24, 2.45) is 5.92 Å². The predicted molar refractivity (Wildman–Crippen MR) is 66.5 cm³/mol. The molecule has 0 amide bonds. The molecule has 1 aliphatic carbocycles. The van der Waals surface area contributed by atoms with Crippen molar-refractivity contribution in [1.82, 2.24) is 0 Å². The van der Waals surface area contributed by atoms with Crippen LogP contribution in [0.1, 0.15) is 48.0 Å². The molecule has 0 N–H and O–H groups in total. The summed E-state index contributed by atoms with van der Waals surface area (Å²) in [6, 6.07) is 5.77. The fourth-order valence-electron chi connectivity index (χ4n) is 3.14. The van der Waals surface area contributed by atoms with Gasteiger partial charge in [-0.05, 0) is 42.5 Å². The van der Waals surface area contributed by atoms with E-state index < -0.39 is 0 Å². The molecule has 1 heterocycles. The molecule has 0 aromatic heterocycles. The highest BCUT2D eigenvalue weighted by molar-refractivity contribution is 5.75. The van der Waals surface area contributed by atoms with Crippen molar-refractivity contribution in [2.45, 2.75) is 44.6 Å². The quantitative estimate of drug-likeness (QED) is 0.728. The molecule has 2 aliphatic rings. The molecule has 0 radical (unpaired) electrons. The Morgan fingerprint density at radius 1 is 1.18 bits per heavy atom. The zero-order valence-corrected chi connectivity index (χ0v) is 10.0. The smallest absolute Gasteiger partial charge is 0.150 e. The van der Waals surface area contributed by atoms with Crippen LogP contribution in [0.25, 0.3) is 0 Å². The van der Waals surface area contributed by atoms with Crippen molar-refractivity contribution in [2.75, 3.05) is 0 Å². The van der Waals surface area contributed by atoms with Gasteiger partial charge < -0.3 is 4.74 Å². The molecule has 2 heteroatoms. The highest BCUT2D eigenvalue weighted by Gasteiger charge is 2.31. The molecule has 0 saturated heterocycles. The first-order valence-corrected chi connectivity index (χ1v) is 6.61. The molecule has 1 aliphatic heterocycles. The summed E-state index contributed by atoms with van der Waals surface area (Å²) >= 11 is 0. The SMILES string of the molecule is O=Cc1ccc2c(c1)C[C@H](C1CCCCC1)O2. The van der Waals surface area contributed by atoms with Gasteiger partial charge in [0.25, 0.3) is 0 Å². The normalized spacial score (nSPS) is 24.1. The molecule has 1 aromatic rings. The third kappa shape index (κ3) is 2.08. The summed E-state index contributed by atoms with van der Waals surface area (Å²) in [7, 11) is 0. The van der Waals surface area contributed by atoms with Gasteiger partial charge in [0.2, 0.25) is 0 Å². The maximum Gasteiger partial charge on any atom is 0.150 e. The second-order valence-corrected chi connectivity index (χ2v) is 5.24. The Morgan fingerprint density at radius 2 is 2.00 bits per heavy atom. The van der Waals surface area contributed by atoms with E-state index in [9.17, 15) is 4.79 Å². The summed E-state index contributed by atoms with van der Waals surface area (Å²) in [5.41, 5.74) is 1.97. The lowest BCUT2D eigenvalue weighted by atomic mass is 9.84. The predicted octanol–water partition coefficient (Wildman–Crippen LogP) is 3.38. The number of hydrogen-bond donors (Lipinski definition) is 0. The summed E-state index contributed by atoms with van der Waals surface area (Å²) in [4.78, 5) is 10.7. The first-order chi connectivity index (χ1) is 8.36. The number of rotatable bonds is 2. The van der Waals surface area contributed by atoms with E-state index in [2.05, 4.69) is 0 Å². The Bertz CT molecular complexity index is 419. The third-order valence-electron chi connectivity index (χ3n) is 4.10. The first kappa shape index (κ1) is 10.8. The zero-order chi connectivity index (χ0) is 11.7. The molecule has 1 atom stereocenters. The van der Waals surface area contributed by atoms with Crippen LogP contribution in [-0.4, -0.2) is 12.4 Å². The van der Waals surface area contributed by atoms with Crippen LogP contribution in [0, 0.1) is 5.92 Å². The summed E-state index contributed by atoms with van der Waals surface area (Å²) in [6.07, 6.45) is 8.94. The van der Waals surface area contributed by atoms with E-state index in [1.807, 2.05) is 18.2 Å². The van der Waals surface area contributed by atoms with Crippen molar-refractivity contribution in [3.63, 3.8) is 0 Å². The largest absolute Gasteiger partial charge is 0.490 e. The van der Waals surface area contributed by atoms with Gasteiger partial charge in [0.15, 0.2) is 0 Å². The molecule has 0 bridgehead atoms. The number of aldehydes is 1. The molecule has 17 heavy (non-hydrogen) atoms. The van der Waals surface area contributed by atoms with Crippen LogP contribution < -0.4 is 4.74 Å². The number of benzene rings is 1. The molecule has 1 aromatic carbocycles. The Labute approximate surface area is 102 Å². The van der Waals surface area contributed by atoms with E-state index in [1.54, 1.807) is 0 Å². The number of carbonyl (C=O) groups excluding carboxylic acids is 1. The van der Waals surface area contributed by atoms with Gasteiger partial charge in [0.05, 0.1) is 0 Å². The maximum absolute atomic E-state index is 10.7. The van der Waals surface area contributed by atoms with Gasteiger partial charge in [0.1, 0.15) is 18.1 Å². The fraction of sp³-hybridized carbons (Fsp3) is 0.533. The van der Waals surface area contributed by atoms with Crippen molar-refractivity contribution in [3.05, 3.63) is 29.3 Å². The second kappa shape index (κ2) is 4.52. The summed E-state index contributed by atoms with van der Waals surface area (Å²) in [5.74, 6) is 1.71. The summed E-state index contributed by atoms with van der Waals surface area (Å²) < 4.78 is 6.03. The van der Waals surface area contributed by atoms with Crippen LogP contribution in [-0.2, 0) is 6.42 Å². The zero-order valence-electron chi connectivity index (χ0n) is 10.0. The minimum Gasteiger partial charge on any atom is -0.490 e. The second-order valence-electron chi connectivity index (χ2n) is 5.24. The number of hydrogen-bond acceptors (Lipinski definition) is 2. The summed E-state index contributed by atoms with van der Waals surface area (Å²) in [6.45, 7) is 0. The number of ether oxygens (including phenoxy) is 1. The Kier molecular flexibility index (Phi) is 2.87. The van der Waals surface area contributed by atoms with Crippen LogP contribution >= 0.6 is 0 Å². The standard InChI is InChI=1S/C15H18O2/c16-10-11-6-7-14-13(8-11)9-15(17-14)12-4-2-1-3-5-12/h6-8,10,12,15H,1-5,9H2/t15-/m1/s1. The van der Waals surface area contributed by atoms with Crippen LogP contribution in [0.3, 0.4) is 0 Å².